The van der Waals surface area contributed by atoms with Crippen molar-refractivity contribution in [2.45, 2.75) is 11.5 Å². The summed E-state index contributed by atoms with van der Waals surface area (Å²) in [5.41, 5.74) is 0.844. The molecule has 0 fully saturated rings. The van der Waals surface area contributed by atoms with Crippen LogP contribution in [0.25, 0.3) is 0 Å². The van der Waals surface area contributed by atoms with Crippen molar-refractivity contribution in [2.24, 2.45) is 0 Å². The first-order valence-corrected chi connectivity index (χ1v) is 10.0. The van der Waals surface area contributed by atoms with Crippen LogP contribution >= 0.6 is 11.6 Å². The van der Waals surface area contributed by atoms with Crippen molar-refractivity contribution >= 4 is 27.5 Å². The number of rotatable bonds is 6. The van der Waals surface area contributed by atoms with Crippen molar-refractivity contribution < 1.29 is 22.3 Å². The molecule has 1 amide bonds. The molecule has 0 aliphatic carbocycles. The van der Waals surface area contributed by atoms with E-state index in [2.05, 4.69) is 0 Å². The number of benzene rings is 3. The van der Waals surface area contributed by atoms with E-state index in [1.807, 2.05) is 10.8 Å². The fourth-order valence-corrected chi connectivity index (χ4v) is 3.60. The molecule has 0 heterocycles. The van der Waals surface area contributed by atoms with E-state index in [-0.39, 0.29) is 22.8 Å². The molecule has 0 saturated heterocycles. The maximum absolute atomic E-state index is 13.0. The molecule has 0 radical (unpaired) electrons. The Morgan fingerprint density at radius 1 is 1.00 bits per heavy atom. The molecule has 3 aromatic carbocycles. The fraction of sp³-hybridized carbons (Fsp3) is 0.0500. The van der Waals surface area contributed by atoms with E-state index in [1.54, 1.807) is 36.4 Å². The minimum Gasteiger partial charge on any atom is -0.488 e. The first kappa shape index (κ1) is 19.9. The minimum absolute atomic E-state index is 0.0511. The van der Waals surface area contributed by atoms with Crippen LogP contribution in [0.3, 0.4) is 0 Å². The summed E-state index contributed by atoms with van der Waals surface area (Å²) < 4.78 is 45.3. The average molecular weight is 420 g/mol. The van der Waals surface area contributed by atoms with Gasteiger partial charge in [0, 0.05) is 5.02 Å². The quantitative estimate of drug-likeness (QED) is 0.650. The van der Waals surface area contributed by atoms with E-state index in [0.29, 0.717) is 5.02 Å². The Kier molecular flexibility index (Phi) is 5.96. The Labute approximate surface area is 166 Å². The molecule has 1 N–H and O–H groups in total. The Balaban J connectivity index is 1.77. The maximum Gasteiger partial charge on any atom is 0.268 e. The highest BCUT2D eigenvalue weighted by Gasteiger charge is 2.21. The van der Waals surface area contributed by atoms with Gasteiger partial charge in [-0.15, -0.1) is 0 Å². The van der Waals surface area contributed by atoms with Crippen molar-refractivity contribution in [3.8, 4) is 5.75 Å². The standard InChI is InChI=1S/C20H15ClFNO4S/c21-15-5-3-4-14(12-15)13-27-19-7-2-1-6-18(19)20(24)23-28(25,26)17-10-8-16(22)9-11-17/h1-12H,13H2,(H,23,24). The van der Waals surface area contributed by atoms with Crippen molar-refractivity contribution in [1.29, 1.82) is 0 Å². The summed E-state index contributed by atoms with van der Waals surface area (Å²) >= 11 is 5.94. The van der Waals surface area contributed by atoms with E-state index >= 15 is 0 Å². The number of ether oxygens (including phenoxy) is 1. The van der Waals surface area contributed by atoms with Crippen LogP contribution in [0.15, 0.2) is 77.7 Å². The minimum atomic E-state index is -4.15. The van der Waals surface area contributed by atoms with Crippen LogP contribution in [0.2, 0.25) is 5.02 Å². The molecule has 0 saturated carbocycles. The van der Waals surface area contributed by atoms with Gasteiger partial charge in [-0.1, -0.05) is 35.9 Å². The van der Waals surface area contributed by atoms with Crippen LogP contribution in [0.1, 0.15) is 15.9 Å². The number of halogens is 2. The van der Waals surface area contributed by atoms with Crippen molar-refractivity contribution in [1.82, 2.24) is 4.72 Å². The Bertz CT molecular complexity index is 1100. The maximum atomic E-state index is 13.0. The van der Waals surface area contributed by atoms with Crippen molar-refractivity contribution in [3.63, 3.8) is 0 Å². The topological polar surface area (TPSA) is 72.5 Å². The van der Waals surface area contributed by atoms with Crippen molar-refractivity contribution in [3.05, 3.63) is 94.8 Å². The SMILES string of the molecule is O=C(NS(=O)(=O)c1ccc(F)cc1)c1ccccc1OCc1cccc(Cl)c1. The summed E-state index contributed by atoms with van der Waals surface area (Å²) in [6, 6.07) is 17.5. The van der Waals surface area contributed by atoms with E-state index in [9.17, 15) is 17.6 Å². The van der Waals surface area contributed by atoms with Gasteiger partial charge in [-0.3, -0.25) is 4.79 Å². The van der Waals surface area contributed by atoms with Gasteiger partial charge in [0.05, 0.1) is 10.5 Å². The number of carbonyl (C=O) groups is 1. The lowest BCUT2D eigenvalue weighted by Crippen LogP contribution is -2.30. The monoisotopic (exact) mass is 419 g/mol. The highest BCUT2D eigenvalue weighted by Crippen LogP contribution is 2.21. The smallest absolute Gasteiger partial charge is 0.268 e. The van der Waals surface area contributed by atoms with Crippen LogP contribution in [0, 0.1) is 5.82 Å². The van der Waals surface area contributed by atoms with Crippen LogP contribution in [-0.4, -0.2) is 14.3 Å². The molecule has 8 heteroatoms. The van der Waals surface area contributed by atoms with Crippen LogP contribution in [-0.2, 0) is 16.6 Å². The third-order valence-corrected chi connectivity index (χ3v) is 5.35. The largest absolute Gasteiger partial charge is 0.488 e. The average Bonchev–Trinajstić information content (AvgIpc) is 2.66. The number of sulfonamides is 1. The van der Waals surface area contributed by atoms with Gasteiger partial charge in [0.15, 0.2) is 0 Å². The van der Waals surface area contributed by atoms with E-state index in [0.717, 1.165) is 29.8 Å². The van der Waals surface area contributed by atoms with E-state index < -0.39 is 21.7 Å². The molecule has 3 rings (SSSR count). The summed E-state index contributed by atoms with van der Waals surface area (Å²) in [5, 5.41) is 0.553. The van der Waals surface area contributed by atoms with Gasteiger partial charge in [-0.25, -0.2) is 17.5 Å². The lowest BCUT2D eigenvalue weighted by molar-refractivity contribution is 0.0977. The number of amides is 1. The van der Waals surface area contributed by atoms with E-state index in [4.69, 9.17) is 16.3 Å². The summed E-state index contributed by atoms with van der Waals surface area (Å²) in [5.74, 6) is -1.22. The third kappa shape index (κ3) is 4.88. The highest BCUT2D eigenvalue weighted by molar-refractivity contribution is 7.90. The molecule has 0 aliphatic rings. The second kappa shape index (κ2) is 8.41. The molecule has 0 atom stereocenters. The predicted octanol–water partition coefficient (Wildman–Crippen LogP) is 4.18. The van der Waals surface area contributed by atoms with Crippen LogP contribution in [0.5, 0.6) is 5.75 Å². The van der Waals surface area contributed by atoms with E-state index in [1.165, 1.54) is 6.07 Å². The van der Waals surface area contributed by atoms with Gasteiger partial charge in [0.2, 0.25) is 0 Å². The number of carbonyl (C=O) groups excluding carboxylic acids is 1. The number of hydrogen-bond acceptors (Lipinski definition) is 4. The zero-order chi connectivity index (χ0) is 20.1. The summed E-state index contributed by atoms with van der Waals surface area (Å²) in [6.45, 7) is 0.148. The zero-order valence-electron chi connectivity index (χ0n) is 14.4. The lowest BCUT2D eigenvalue weighted by Gasteiger charge is -2.12. The Hall–Kier alpha value is -2.90. The van der Waals surface area contributed by atoms with Crippen LogP contribution < -0.4 is 9.46 Å². The van der Waals surface area contributed by atoms with Crippen molar-refractivity contribution in [2.75, 3.05) is 0 Å². The molecular weight excluding hydrogens is 405 g/mol. The second-order valence-electron chi connectivity index (χ2n) is 5.80. The van der Waals surface area contributed by atoms with Crippen LogP contribution in [0.4, 0.5) is 4.39 Å². The second-order valence-corrected chi connectivity index (χ2v) is 7.92. The first-order valence-electron chi connectivity index (χ1n) is 8.14. The zero-order valence-corrected chi connectivity index (χ0v) is 16.0. The van der Waals surface area contributed by atoms with Gasteiger partial charge >= 0.3 is 0 Å². The number of para-hydroxylation sites is 1. The molecule has 0 unspecified atom stereocenters. The normalized spacial score (nSPS) is 11.1. The van der Waals surface area contributed by atoms with Gasteiger partial charge in [0.25, 0.3) is 15.9 Å². The molecular formula is C20H15ClFNO4S. The molecule has 144 valence electrons. The molecule has 3 aromatic rings. The predicted molar refractivity (Wildman–Crippen MR) is 103 cm³/mol. The molecule has 0 bridgehead atoms. The molecule has 28 heavy (non-hydrogen) atoms. The molecule has 0 aromatic heterocycles. The van der Waals surface area contributed by atoms with Gasteiger partial charge in [0.1, 0.15) is 18.2 Å². The summed E-state index contributed by atoms with van der Waals surface area (Å²) in [4.78, 5) is 12.3. The molecule has 0 aliphatic heterocycles. The number of nitrogens with one attached hydrogen (secondary N) is 1. The molecule has 5 nitrogen and oxygen atoms in total. The Morgan fingerprint density at radius 2 is 1.71 bits per heavy atom. The summed E-state index contributed by atoms with van der Waals surface area (Å²) in [6.07, 6.45) is 0. The van der Waals surface area contributed by atoms with Gasteiger partial charge in [-0.05, 0) is 54.1 Å². The first-order chi connectivity index (χ1) is 13.3. The van der Waals surface area contributed by atoms with Gasteiger partial charge < -0.3 is 4.74 Å². The highest BCUT2D eigenvalue weighted by atomic mass is 35.5. The summed E-state index contributed by atoms with van der Waals surface area (Å²) in [7, 11) is -4.15. The fourth-order valence-electron chi connectivity index (χ4n) is 2.42. The third-order valence-electron chi connectivity index (χ3n) is 3.77. The Morgan fingerprint density at radius 3 is 2.43 bits per heavy atom. The number of hydrogen-bond donors (Lipinski definition) is 1. The lowest BCUT2D eigenvalue weighted by atomic mass is 10.2. The van der Waals surface area contributed by atoms with Gasteiger partial charge in [-0.2, -0.15) is 0 Å². The molecule has 0 spiro atoms.